The Morgan fingerprint density at radius 3 is 2.48 bits per heavy atom. The number of hydrogen-bond acceptors (Lipinski definition) is 3. The Labute approximate surface area is 139 Å². The maximum absolute atomic E-state index is 12.2. The minimum atomic E-state index is -1.10. The second kappa shape index (κ2) is 8.38. The third-order valence-corrected chi connectivity index (χ3v) is 3.38. The van der Waals surface area contributed by atoms with Crippen LogP contribution in [-0.2, 0) is 4.79 Å². The van der Waals surface area contributed by atoms with Gasteiger partial charge in [0.15, 0.2) is 0 Å². The smallest absolute Gasteiger partial charge is 0.326 e. The van der Waals surface area contributed by atoms with Gasteiger partial charge in [-0.05, 0) is 24.6 Å². The van der Waals surface area contributed by atoms with Gasteiger partial charge in [0.1, 0.15) is 6.04 Å². The number of carbonyl (C=O) groups is 3. The molecule has 0 heterocycles. The van der Waals surface area contributed by atoms with Crippen LogP contribution in [0.4, 0.5) is 10.5 Å². The summed E-state index contributed by atoms with van der Waals surface area (Å²) in [6.07, 6.45) is 0.930. The maximum atomic E-state index is 12.2. The number of urea groups is 1. The molecule has 7 nitrogen and oxygen atoms in total. The molecule has 8 heteroatoms. The lowest BCUT2D eigenvalue weighted by atomic mass is 10.1. The first-order valence-corrected chi connectivity index (χ1v) is 7.45. The lowest BCUT2D eigenvalue weighted by Crippen LogP contribution is -2.40. The molecule has 1 aromatic rings. The summed E-state index contributed by atoms with van der Waals surface area (Å²) in [7, 11) is 3.17. The molecule has 0 saturated carbocycles. The van der Waals surface area contributed by atoms with E-state index < -0.39 is 17.9 Å². The van der Waals surface area contributed by atoms with Crippen LogP contribution in [0.15, 0.2) is 18.2 Å². The Hall–Kier alpha value is -2.28. The minimum absolute atomic E-state index is 0.102. The summed E-state index contributed by atoms with van der Waals surface area (Å²) in [6.45, 7) is 1.83. The zero-order chi connectivity index (χ0) is 17.6. The standard InChI is InChI=1S/C15H20ClN3O4/c1-4-5-12(14(21)22)18-13(20)10-8-9(6-7-11(10)16)17-15(23)19(2)3/h6-8,12H,4-5H2,1-3H3,(H,17,23)(H,18,20)(H,21,22). The molecule has 1 aromatic carbocycles. The first kappa shape index (κ1) is 18.8. The van der Waals surface area contributed by atoms with E-state index in [1.807, 2.05) is 6.92 Å². The van der Waals surface area contributed by atoms with Crippen molar-refractivity contribution in [3.63, 3.8) is 0 Å². The highest BCUT2D eigenvalue weighted by Crippen LogP contribution is 2.21. The maximum Gasteiger partial charge on any atom is 0.326 e. The molecule has 0 aliphatic carbocycles. The van der Waals surface area contributed by atoms with Gasteiger partial charge < -0.3 is 20.6 Å². The highest BCUT2D eigenvalue weighted by molar-refractivity contribution is 6.34. The van der Waals surface area contributed by atoms with E-state index in [0.29, 0.717) is 18.5 Å². The van der Waals surface area contributed by atoms with E-state index in [9.17, 15) is 14.4 Å². The molecule has 23 heavy (non-hydrogen) atoms. The number of hydrogen-bond donors (Lipinski definition) is 3. The van der Waals surface area contributed by atoms with E-state index in [1.165, 1.54) is 17.0 Å². The fraction of sp³-hybridized carbons (Fsp3) is 0.400. The highest BCUT2D eigenvalue weighted by atomic mass is 35.5. The van der Waals surface area contributed by atoms with Crippen LogP contribution in [0.5, 0.6) is 0 Å². The minimum Gasteiger partial charge on any atom is -0.480 e. The van der Waals surface area contributed by atoms with Crippen LogP contribution in [-0.4, -0.2) is 48.1 Å². The Morgan fingerprint density at radius 1 is 1.30 bits per heavy atom. The van der Waals surface area contributed by atoms with Crippen LogP contribution in [0.3, 0.4) is 0 Å². The van der Waals surface area contributed by atoms with Crippen molar-refractivity contribution in [3.05, 3.63) is 28.8 Å². The van der Waals surface area contributed by atoms with Crippen LogP contribution < -0.4 is 10.6 Å². The summed E-state index contributed by atoms with van der Waals surface area (Å²) in [4.78, 5) is 36.3. The summed E-state index contributed by atoms with van der Waals surface area (Å²) < 4.78 is 0. The molecule has 0 aliphatic heterocycles. The molecule has 1 rings (SSSR count). The van der Waals surface area contributed by atoms with Gasteiger partial charge in [0, 0.05) is 19.8 Å². The van der Waals surface area contributed by atoms with Gasteiger partial charge in [-0.1, -0.05) is 24.9 Å². The van der Waals surface area contributed by atoms with E-state index in [-0.39, 0.29) is 16.6 Å². The number of anilines is 1. The number of benzene rings is 1. The van der Waals surface area contributed by atoms with Crippen LogP contribution in [0.25, 0.3) is 0 Å². The normalized spacial score (nSPS) is 11.5. The van der Waals surface area contributed by atoms with Crippen molar-refractivity contribution in [2.75, 3.05) is 19.4 Å². The largest absolute Gasteiger partial charge is 0.480 e. The van der Waals surface area contributed by atoms with Gasteiger partial charge in [-0.2, -0.15) is 0 Å². The topological polar surface area (TPSA) is 98.7 Å². The molecule has 0 spiro atoms. The van der Waals surface area contributed by atoms with Crippen LogP contribution in [0, 0.1) is 0 Å². The van der Waals surface area contributed by atoms with Crippen LogP contribution >= 0.6 is 11.6 Å². The van der Waals surface area contributed by atoms with E-state index in [2.05, 4.69) is 10.6 Å². The van der Waals surface area contributed by atoms with Crippen molar-refractivity contribution >= 4 is 35.2 Å². The van der Waals surface area contributed by atoms with Crippen LogP contribution in [0.1, 0.15) is 30.1 Å². The molecule has 3 N–H and O–H groups in total. The lowest BCUT2D eigenvalue weighted by Gasteiger charge is -2.16. The molecule has 0 saturated heterocycles. The summed E-state index contributed by atoms with van der Waals surface area (Å²) >= 11 is 6.00. The first-order chi connectivity index (χ1) is 10.8. The molecule has 0 fully saturated rings. The molecule has 0 aliphatic rings. The van der Waals surface area contributed by atoms with Crippen molar-refractivity contribution in [2.45, 2.75) is 25.8 Å². The zero-order valence-corrected chi connectivity index (χ0v) is 14.0. The summed E-state index contributed by atoms with van der Waals surface area (Å²) in [5.41, 5.74) is 0.492. The number of carbonyl (C=O) groups excluding carboxylic acids is 2. The predicted octanol–water partition coefficient (Wildman–Crippen LogP) is 2.42. The number of carboxylic acid groups (broad SMARTS) is 1. The second-order valence-corrected chi connectivity index (χ2v) is 5.58. The molecule has 0 radical (unpaired) electrons. The van der Waals surface area contributed by atoms with Crippen molar-refractivity contribution < 1.29 is 19.5 Å². The fourth-order valence-corrected chi connectivity index (χ4v) is 2.00. The van der Waals surface area contributed by atoms with Gasteiger partial charge in [0.25, 0.3) is 5.91 Å². The predicted molar refractivity (Wildman–Crippen MR) is 88.0 cm³/mol. The Kier molecular flexibility index (Phi) is 6.84. The SMILES string of the molecule is CCCC(NC(=O)c1cc(NC(=O)N(C)C)ccc1Cl)C(=O)O. The quantitative estimate of drug-likeness (QED) is 0.740. The fourth-order valence-electron chi connectivity index (χ4n) is 1.79. The number of amides is 3. The van der Waals surface area contributed by atoms with Gasteiger partial charge in [-0.15, -0.1) is 0 Å². The average molecular weight is 342 g/mol. The average Bonchev–Trinajstić information content (AvgIpc) is 2.48. The molecule has 3 amide bonds. The third-order valence-electron chi connectivity index (χ3n) is 3.05. The van der Waals surface area contributed by atoms with Gasteiger partial charge >= 0.3 is 12.0 Å². The van der Waals surface area contributed by atoms with Gasteiger partial charge in [-0.3, -0.25) is 4.79 Å². The third kappa shape index (κ3) is 5.45. The molecule has 1 unspecified atom stereocenters. The van der Waals surface area contributed by atoms with Crippen molar-refractivity contribution in [3.8, 4) is 0 Å². The number of rotatable bonds is 6. The van der Waals surface area contributed by atoms with Crippen molar-refractivity contribution in [2.24, 2.45) is 0 Å². The summed E-state index contributed by atoms with van der Waals surface area (Å²) in [6, 6.07) is 3.10. The molecular formula is C15H20ClN3O4. The lowest BCUT2D eigenvalue weighted by molar-refractivity contribution is -0.139. The summed E-state index contributed by atoms with van der Waals surface area (Å²) in [5, 5.41) is 14.3. The molecule has 1 atom stereocenters. The summed E-state index contributed by atoms with van der Waals surface area (Å²) in [5.74, 6) is -1.70. The number of aliphatic carboxylic acids is 1. The zero-order valence-electron chi connectivity index (χ0n) is 13.2. The van der Waals surface area contributed by atoms with Crippen LogP contribution in [0.2, 0.25) is 5.02 Å². The van der Waals surface area contributed by atoms with Gasteiger partial charge in [0.2, 0.25) is 0 Å². The number of nitrogens with zero attached hydrogens (tertiary/aromatic N) is 1. The highest BCUT2D eigenvalue weighted by Gasteiger charge is 2.21. The number of carboxylic acids is 1. The van der Waals surface area contributed by atoms with Gasteiger partial charge in [-0.25, -0.2) is 9.59 Å². The molecular weight excluding hydrogens is 322 g/mol. The van der Waals surface area contributed by atoms with E-state index in [4.69, 9.17) is 16.7 Å². The Balaban J connectivity index is 2.95. The molecule has 0 bridgehead atoms. The molecule has 0 aromatic heterocycles. The van der Waals surface area contributed by atoms with E-state index >= 15 is 0 Å². The Bertz CT molecular complexity index is 604. The monoisotopic (exact) mass is 341 g/mol. The van der Waals surface area contributed by atoms with Crippen molar-refractivity contribution in [1.82, 2.24) is 10.2 Å². The molecule has 126 valence electrons. The van der Waals surface area contributed by atoms with E-state index in [1.54, 1.807) is 20.2 Å². The van der Waals surface area contributed by atoms with Gasteiger partial charge in [0.05, 0.1) is 10.6 Å². The first-order valence-electron chi connectivity index (χ1n) is 7.07. The Morgan fingerprint density at radius 2 is 1.96 bits per heavy atom. The van der Waals surface area contributed by atoms with E-state index in [0.717, 1.165) is 0 Å². The number of halogens is 1. The number of nitrogens with one attached hydrogen (secondary N) is 2. The second-order valence-electron chi connectivity index (χ2n) is 5.17. The van der Waals surface area contributed by atoms with Crippen molar-refractivity contribution in [1.29, 1.82) is 0 Å².